The molecule has 0 aliphatic rings. The number of nitrogens with one attached hydrogen (secondary N) is 1. The van der Waals surface area contributed by atoms with Gasteiger partial charge in [-0.3, -0.25) is 4.79 Å². The van der Waals surface area contributed by atoms with Gasteiger partial charge >= 0.3 is 0 Å². The van der Waals surface area contributed by atoms with Crippen LogP contribution in [0.25, 0.3) is 0 Å². The van der Waals surface area contributed by atoms with Crippen LogP contribution >= 0.6 is 0 Å². The number of rotatable bonds is 8. The molecule has 0 aliphatic heterocycles. The first-order chi connectivity index (χ1) is 9.13. The van der Waals surface area contributed by atoms with E-state index in [1.165, 1.54) is 5.56 Å². The predicted octanol–water partition coefficient (Wildman–Crippen LogP) is 1.26. The zero-order valence-corrected chi connectivity index (χ0v) is 12.0. The Kier molecular flexibility index (Phi) is 7.15. The van der Waals surface area contributed by atoms with Crippen molar-refractivity contribution in [1.82, 2.24) is 10.2 Å². The van der Waals surface area contributed by atoms with E-state index in [1.54, 1.807) is 0 Å². The smallest absolute Gasteiger partial charge is 0.251 e. The van der Waals surface area contributed by atoms with Crippen molar-refractivity contribution in [2.45, 2.75) is 19.3 Å². The Morgan fingerprint density at radius 3 is 2.47 bits per heavy atom. The predicted molar refractivity (Wildman–Crippen MR) is 79.3 cm³/mol. The molecular formula is C15H25N3O. The summed E-state index contributed by atoms with van der Waals surface area (Å²) in [4.78, 5) is 14.0. The number of carbonyl (C=O) groups is 1. The summed E-state index contributed by atoms with van der Waals surface area (Å²) in [6.45, 7) is 2.43. The second-order valence-electron chi connectivity index (χ2n) is 5.00. The van der Waals surface area contributed by atoms with E-state index in [4.69, 9.17) is 5.73 Å². The lowest BCUT2D eigenvalue weighted by molar-refractivity contribution is 0.0953. The van der Waals surface area contributed by atoms with Gasteiger partial charge in [-0.1, -0.05) is 12.1 Å². The minimum Gasteiger partial charge on any atom is -0.352 e. The lowest BCUT2D eigenvalue weighted by Crippen LogP contribution is -2.25. The molecule has 1 aromatic carbocycles. The van der Waals surface area contributed by atoms with E-state index in [1.807, 2.05) is 24.3 Å². The Bertz CT molecular complexity index is 373. The summed E-state index contributed by atoms with van der Waals surface area (Å²) >= 11 is 0. The monoisotopic (exact) mass is 263 g/mol. The molecule has 19 heavy (non-hydrogen) atoms. The minimum atomic E-state index is 0.00384. The maximum Gasteiger partial charge on any atom is 0.251 e. The molecule has 4 nitrogen and oxygen atoms in total. The largest absolute Gasteiger partial charge is 0.352 e. The van der Waals surface area contributed by atoms with Gasteiger partial charge in [0.05, 0.1) is 0 Å². The topological polar surface area (TPSA) is 58.4 Å². The Morgan fingerprint density at radius 1 is 1.21 bits per heavy atom. The van der Waals surface area contributed by atoms with Crippen LogP contribution in [-0.4, -0.2) is 44.5 Å². The molecule has 0 saturated heterocycles. The Labute approximate surface area is 116 Å². The van der Waals surface area contributed by atoms with Crippen LogP contribution in [0.4, 0.5) is 0 Å². The molecule has 0 bridgehead atoms. The number of benzene rings is 1. The quantitative estimate of drug-likeness (QED) is 0.694. The van der Waals surface area contributed by atoms with Crippen molar-refractivity contribution in [2.75, 3.05) is 33.7 Å². The fourth-order valence-electron chi connectivity index (χ4n) is 1.85. The van der Waals surface area contributed by atoms with Crippen molar-refractivity contribution >= 4 is 5.91 Å². The van der Waals surface area contributed by atoms with Gasteiger partial charge in [-0.25, -0.2) is 0 Å². The molecule has 0 radical (unpaired) electrons. The summed E-state index contributed by atoms with van der Waals surface area (Å²) < 4.78 is 0. The second kappa shape index (κ2) is 8.67. The summed E-state index contributed by atoms with van der Waals surface area (Å²) in [6, 6.07) is 7.65. The highest BCUT2D eigenvalue weighted by Gasteiger charge is 2.04. The summed E-state index contributed by atoms with van der Waals surface area (Å²) in [5.74, 6) is 0.00384. The Balaban J connectivity index is 2.29. The van der Waals surface area contributed by atoms with Gasteiger partial charge < -0.3 is 16.0 Å². The summed E-state index contributed by atoms with van der Waals surface area (Å²) in [6.07, 6.45) is 2.96. The Morgan fingerprint density at radius 2 is 1.89 bits per heavy atom. The molecular weight excluding hydrogens is 238 g/mol. The SMILES string of the molecule is CN(C)CCCCNC(=O)c1ccc(CCN)cc1. The molecule has 0 atom stereocenters. The third-order valence-corrected chi connectivity index (χ3v) is 2.97. The molecule has 0 aromatic heterocycles. The van der Waals surface area contributed by atoms with Gasteiger partial charge in [0.1, 0.15) is 0 Å². The fourth-order valence-corrected chi connectivity index (χ4v) is 1.85. The second-order valence-corrected chi connectivity index (χ2v) is 5.00. The number of amides is 1. The van der Waals surface area contributed by atoms with Crippen molar-refractivity contribution in [2.24, 2.45) is 5.73 Å². The first-order valence-corrected chi connectivity index (χ1v) is 6.85. The maximum atomic E-state index is 11.9. The first kappa shape index (κ1) is 15.7. The molecule has 0 fully saturated rings. The number of hydrogen-bond acceptors (Lipinski definition) is 3. The number of nitrogens with zero attached hydrogens (tertiary/aromatic N) is 1. The van der Waals surface area contributed by atoms with Crippen molar-refractivity contribution in [3.05, 3.63) is 35.4 Å². The Hall–Kier alpha value is -1.39. The van der Waals surface area contributed by atoms with Crippen molar-refractivity contribution in [3.63, 3.8) is 0 Å². The number of carbonyl (C=O) groups excluding carboxylic acids is 1. The summed E-state index contributed by atoms with van der Waals surface area (Å²) in [5, 5.41) is 2.94. The molecule has 1 aromatic rings. The summed E-state index contributed by atoms with van der Waals surface area (Å²) in [7, 11) is 4.11. The standard InChI is InChI=1S/C15H25N3O/c1-18(2)12-4-3-11-17-15(19)14-7-5-13(6-8-14)9-10-16/h5-8H,3-4,9-12,16H2,1-2H3,(H,17,19). The maximum absolute atomic E-state index is 11.9. The van der Waals surface area contributed by atoms with Crippen LogP contribution < -0.4 is 11.1 Å². The van der Waals surface area contributed by atoms with E-state index in [2.05, 4.69) is 24.3 Å². The van der Waals surface area contributed by atoms with E-state index >= 15 is 0 Å². The van der Waals surface area contributed by atoms with Crippen molar-refractivity contribution in [1.29, 1.82) is 0 Å². The van der Waals surface area contributed by atoms with E-state index in [-0.39, 0.29) is 5.91 Å². The van der Waals surface area contributed by atoms with Gasteiger partial charge in [-0.15, -0.1) is 0 Å². The van der Waals surface area contributed by atoms with E-state index in [9.17, 15) is 4.79 Å². The van der Waals surface area contributed by atoms with Gasteiger partial charge in [-0.05, 0) is 64.1 Å². The normalized spacial score (nSPS) is 10.7. The average molecular weight is 263 g/mol. The highest BCUT2D eigenvalue weighted by atomic mass is 16.1. The van der Waals surface area contributed by atoms with Crippen LogP contribution in [0.15, 0.2) is 24.3 Å². The van der Waals surface area contributed by atoms with Gasteiger partial charge in [0, 0.05) is 12.1 Å². The molecule has 1 amide bonds. The highest BCUT2D eigenvalue weighted by Crippen LogP contribution is 2.04. The minimum absolute atomic E-state index is 0.00384. The van der Waals surface area contributed by atoms with Crippen LogP contribution in [0, 0.1) is 0 Å². The van der Waals surface area contributed by atoms with Gasteiger partial charge in [0.15, 0.2) is 0 Å². The van der Waals surface area contributed by atoms with Crippen LogP contribution in [0.5, 0.6) is 0 Å². The van der Waals surface area contributed by atoms with Gasteiger partial charge in [-0.2, -0.15) is 0 Å². The van der Waals surface area contributed by atoms with Gasteiger partial charge in [0.2, 0.25) is 0 Å². The first-order valence-electron chi connectivity index (χ1n) is 6.85. The molecule has 0 heterocycles. The zero-order chi connectivity index (χ0) is 14.1. The molecule has 3 N–H and O–H groups in total. The molecule has 0 aliphatic carbocycles. The number of unbranched alkanes of at least 4 members (excludes halogenated alkanes) is 1. The van der Waals surface area contributed by atoms with Crippen LogP contribution in [0.1, 0.15) is 28.8 Å². The molecule has 106 valence electrons. The number of hydrogen-bond donors (Lipinski definition) is 2. The zero-order valence-electron chi connectivity index (χ0n) is 12.0. The molecule has 1 rings (SSSR count). The van der Waals surface area contributed by atoms with Crippen LogP contribution in [-0.2, 0) is 6.42 Å². The van der Waals surface area contributed by atoms with E-state index in [0.717, 1.165) is 32.4 Å². The van der Waals surface area contributed by atoms with Gasteiger partial charge in [0.25, 0.3) is 5.91 Å². The lowest BCUT2D eigenvalue weighted by Gasteiger charge is -2.09. The van der Waals surface area contributed by atoms with E-state index in [0.29, 0.717) is 12.1 Å². The molecule has 4 heteroatoms. The third-order valence-electron chi connectivity index (χ3n) is 2.97. The van der Waals surface area contributed by atoms with E-state index < -0.39 is 0 Å². The van der Waals surface area contributed by atoms with Crippen LogP contribution in [0.2, 0.25) is 0 Å². The van der Waals surface area contributed by atoms with Crippen molar-refractivity contribution < 1.29 is 4.79 Å². The fraction of sp³-hybridized carbons (Fsp3) is 0.533. The highest BCUT2D eigenvalue weighted by molar-refractivity contribution is 5.94. The summed E-state index contributed by atoms with van der Waals surface area (Å²) in [5.41, 5.74) is 7.38. The van der Waals surface area contributed by atoms with Crippen LogP contribution in [0.3, 0.4) is 0 Å². The third kappa shape index (κ3) is 6.36. The lowest BCUT2D eigenvalue weighted by atomic mass is 10.1. The molecule has 0 spiro atoms. The molecule has 0 unspecified atom stereocenters. The molecule has 0 saturated carbocycles. The van der Waals surface area contributed by atoms with Crippen molar-refractivity contribution in [3.8, 4) is 0 Å². The number of nitrogens with two attached hydrogens (primary N) is 1. The average Bonchev–Trinajstić information content (AvgIpc) is 2.39.